The molecule has 4 rings (SSSR count). The van der Waals surface area contributed by atoms with Crippen LogP contribution in [-0.2, 0) is 0 Å². The van der Waals surface area contributed by atoms with Gasteiger partial charge in [-0.3, -0.25) is 14.9 Å². The fraction of sp³-hybridized carbons (Fsp3) is 0.100. The van der Waals surface area contributed by atoms with Crippen LogP contribution >= 0.6 is 11.6 Å². The van der Waals surface area contributed by atoms with Crippen molar-refractivity contribution in [2.75, 3.05) is 5.32 Å². The second-order valence-electron chi connectivity index (χ2n) is 6.73. The normalized spacial score (nSPS) is 10.8. The number of rotatable bonds is 5. The second-order valence-corrected chi connectivity index (χ2v) is 7.16. The van der Waals surface area contributed by atoms with E-state index in [0.29, 0.717) is 27.9 Å². The molecule has 0 aliphatic carbocycles. The zero-order valence-electron chi connectivity index (χ0n) is 16.5. The number of aromatic nitrogens is 5. The Balaban J connectivity index is 1.63. The Labute approximate surface area is 181 Å². The van der Waals surface area contributed by atoms with E-state index >= 15 is 0 Å². The van der Waals surface area contributed by atoms with Crippen LogP contribution in [-0.4, -0.2) is 35.6 Å². The summed E-state index contributed by atoms with van der Waals surface area (Å²) in [7, 11) is 0. The summed E-state index contributed by atoms with van der Waals surface area (Å²) in [5.74, 6) is -0.0292. The van der Waals surface area contributed by atoms with Crippen molar-refractivity contribution in [3.8, 4) is 11.4 Å². The van der Waals surface area contributed by atoms with Gasteiger partial charge in [-0.15, -0.1) is 5.10 Å². The van der Waals surface area contributed by atoms with Crippen molar-refractivity contribution in [2.45, 2.75) is 13.8 Å². The molecule has 0 radical (unpaired) electrons. The quantitative estimate of drug-likeness (QED) is 0.373. The van der Waals surface area contributed by atoms with Crippen LogP contribution in [0, 0.1) is 24.0 Å². The highest BCUT2D eigenvalue weighted by Crippen LogP contribution is 2.21. The van der Waals surface area contributed by atoms with Gasteiger partial charge in [0.2, 0.25) is 0 Å². The van der Waals surface area contributed by atoms with Gasteiger partial charge in [-0.25, -0.2) is 9.36 Å². The molecule has 1 N–H and O–H groups in total. The Hall–Kier alpha value is -4.05. The molecular weight excluding hydrogens is 422 g/mol. The van der Waals surface area contributed by atoms with Crippen molar-refractivity contribution in [3.05, 3.63) is 86.8 Å². The average molecular weight is 438 g/mol. The highest BCUT2D eigenvalue weighted by Gasteiger charge is 2.20. The first-order valence-corrected chi connectivity index (χ1v) is 9.52. The van der Waals surface area contributed by atoms with E-state index in [9.17, 15) is 14.9 Å². The van der Waals surface area contributed by atoms with Crippen molar-refractivity contribution < 1.29 is 9.72 Å². The summed E-state index contributed by atoms with van der Waals surface area (Å²) in [4.78, 5) is 23.4. The van der Waals surface area contributed by atoms with Crippen LogP contribution in [0.3, 0.4) is 0 Å². The number of carbonyl (C=O) groups excluding carboxylic acids is 1. The smallest absolute Gasteiger partial charge is 0.279 e. The molecule has 0 aliphatic heterocycles. The Morgan fingerprint density at radius 3 is 2.52 bits per heavy atom. The molecule has 0 saturated carbocycles. The number of anilines is 1. The van der Waals surface area contributed by atoms with Crippen molar-refractivity contribution >= 4 is 29.0 Å². The van der Waals surface area contributed by atoms with Gasteiger partial charge in [0.25, 0.3) is 11.6 Å². The predicted molar refractivity (Wildman–Crippen MR) is 114 cm³/mol. The second kappa shape index (κ2) is 8.00. The number of aryl methyl sites for hydroxylation is 1. The molecule has 0 aliphatic rings. The lowest BCUT2D eigenvalue weighted by atomic mass is 10.2. The standard InChI is InChI=1S/C20H16ClN7O3/c1-12-10-18(27(24-12)15-8-6-14(21)7-9-15)22-20(29)19-13(2)26(25-23-19)16-4-3-5-17(11-16)28(30)31/h3-11H,1-2H3,(H,22,29). The predicted octanol–water partition coefficient (Wildman–Crippen LogP) is 3.88. The van der Waals surface area contributed by atoms with E-state index in [-0.39, 0.29) is 11.4 Å². The van der Waals surface area contributed by atoms with Gasteiger partial charge in [-0.05, 0) is 44.2 Å². The van der Waals surface area contributed by atoms with E-state index in [2.05, 4.69) is 20.7 Å². The van der Waals surface area contributed by atoms with Crippen molar-refractivity contribution in [1.82, 2.24) is 24.8 Å². The minimum Gasteiger partial charge on any atom is -0.305 e. The number of nitro groups is 1. The maximum atomic E-state index is 12.9. The first-order chi connectivity index (χ1) is 14.8. The molecule has 11 heteroatoms. The molecule has 4 aromatic rings. The maximum Gasteiger partial charge on any atom is 0.279 e. The number of carbonyl (C=O) groups is 1. The molecule has 0 unspecified atom stereocenters. The Bertz CT molecular complexity index is 1290. The van der Waals surface area contributed by atoms with Gasteiger partial charge in [-0.1, -0.05) is 22.9 Å². The average Bonchev–Trinajstić information content (AvgIpc) is 3.31. The number of nitrogens with one attached hydrogen (secondary N) is 1. The van der Waals surface area contributed by atoms with E-state index in [1.54, 1.807) is 54.1 Å². The summed E-state index contributed by atoms with van der Waals surface area (Å²) < 4.78 is 2.97. The van der Waals surface area contributed by atoms with Crippen LogP contribution in [0.25, 0.3) is 11.4 Å². The zero-order valence-corrected chi connectivity index (χ0v) is 17.2. The molecule has 156 valence electrons. The fourth-order valence-corrected chi connectivity index (χ4v) is 3.19. The van der Waals surface area contributed by atoms with Gasteiger partial charge in [0.15, 0.2) is 5.69 Å². The molecule has 0 saturated heterocycles. The number of hydrogen-bond acceptors (Lipinski definition) is 6. The molecule has 31 heavy (non-hydrogen) atoms. The number of nitro benzene ring substituents is 1. The number of benzene rings is 2. The third-order valence-electron chi connectivity index (χ3n) is 4.54. The van der Waals surface area contributed by atoms with Crippen LogP contribution in [0.15, 0.2) is 54.6 Å². The number of amides is 1. The molecule has 0 bridgehead atoms. The van der Waals surface area contributed by atoms with Crippen LogP contribution in [0.1, 0.15) is 21.9 Å². The molecule has 2 heterocycles. The lowest BCUT2D eigenvalue weighted by Gasteiger charge is -2.08. The van der Waals surface area contributed by atoms with E-state index in [0.717, 1.165) is 5.69 Å². The Morgan fingerprint density at radius 2 is 1.81 bits per heavy atom. The maximum absolute atomic E-state index is 12.9. The molecule has 0 atom stereocenters. The van der Waals surface area contributed by atoms with E-state index in [4.69, 9.17) is 11.6 Å². The van der Waals surface area contributed by atoms with Gasteiger partial charge in [0.05, 0.1) is 27.7 Å². The van der Waals surface area contributed by atoms with Gasteiger partial charge in [0.1, 0.15) is 5.82 Å². The van der Waals surface area contributed by atoms with Crippen LogP contribution in [0.5, 0.6) is 0 Å². The van der Waals surface area contributed by atoms with Gasteiger partial charge >= 0.3 is 0 Å². The lowest BCUT2D eigenvalue weighted by Crippen LogP contribution is -2.17. The number of non-ortho nitro benzene ring substituents is 1. The van der Waals surface area contributed by atoms with Gasteiger partial charge < -0.3 is 5.32 Å². The highest BCUT2D eigenvalue weighted by molar-refractivity contribution is 6.30. The summed E-state index contributed by atoms with van der Waals surface area (Å²) in [5, 5.41) is 26.8. The van der Waals surface area contributed by atoms with E-state index in [1.165, 1.54) is 16.8 Å². The molecule has 0 fully saturated rings. The third kappa shape index (κ3) is 4.01. The molecule has 0 spiro atoms. The summed E-state index contributed by atoms with van der Waals surface area (Å²) in [6, 6.07) is 14.7. The van der Waals surface area contributed by atoms with Crippen LogP contribution in [0.2, 0.25) is 5.02 Å². The molecular formula is C20H16ClN7O3. The van der Waals surface area contributed by atoms with Crippen molar-refractivity contribution in [3.63, 3.8) is 0 Å². The Kier molecular flexibility index (Phi) is 5.22. The number of nitrogens with zero attached hydrogens (tertiary/aromatic N) is 6. The largest absolute Gasteiger partial charge is 0.305 e. The monoisotopic (exact) mass is 437 g/mol. The summed E-state index contributed by atoms with van der Waals surface area (Å²) in [6.07, 6.45) is 0. The molecule has 10 nitrogen and oxygen atoms in total. The van der Waals surface area contributed by atoms with Crippen molar-refractivity contribution in [1.29, 1.82) is 0 Å². The topological polar surface area (TPSA) is 121 Å². The molecule has 2 aromatic carbocycles. The van der Waals surface area contributed by atoms with E-state index in [1.807, 2.05) is 6.92 Å². The lowest BCUT2D eigenvalue weighted by molar-refractivity contribution is -0.384. The summed E-state index contributed by atoms with van der Waals surface area (Å²) in [5.41, 5.74) is 2.31. The molecule has 1 amide bonds. The summed E-state index contributed by atoms with van der Waals surface area (Å²) >= 11 is 5.95. The fourth-order valence-electron chi connectivity index (χ4n) is 3.07. The first kappa shape index (κ1) is 20.2. The zero-order chi connectivity index (χ0) is 22.1. The number of hydrogen-bond donors (Lipinski definition) is 1. The summed E-state index contributed by atoms with van der Waals surface area (Å²) in [6.45, 7) is 3.47. The van der Waals surface area contributed by atoms with Crippen molar-refractivity contribution in [2.24, 2.45) is 0 Å². The SMILES string of the molecule is Cc1cc(NC(=O)c2nnn(-c3cccc([N+](=O)[O-])c3)c2C)n(-c2ccc(Cl)cc2)n1. The Morgan fingerprint density at radius 1 is 1.06 bits per heavy atom. The highest BCUT2D eigenvalue weighted by atomic mass is 35.5. The van der Waals surface area contributed by atoms with Gasteiger partial charge in [-0.2, -0.15) is 5.10 Å². The van der Waals surface area contributed by atoms with E-state index < -0.39 is 10.8 Å². The van der Waals surface area contributed by atoms with Crippen LogP contribution < -0.4 is 5.32 Å². The van der Waals surface area contributed by atoms with Crippen LogP contribution in [0.4, 0.5) is 11.5 Å². The number of halogens is 1. The minimum absolute atomic E-state index is 0.0826. The van der Waals surface area contributed by atoms with Gasteiger partial charge in [0, 0.05) is 23.2 Å². The minimum atomic E-state index is -0.496. The first-order valence-electron chi connectivity index (χ1n) is 9.14. The molecule has 2 aromatic heterocycles. The third-order valence-corrected chi connectivity index (χ3v) is 4.79.